The number of hydrogen-bond acceptors (Lipinski definition) is 5. The highest BCUT2D eigenvalue weighted by molar-refractivity contribution is 14.1. The fraction of sp³-hybridized carbons (Fsp3) is 0.273. The van der Waals surface area contributed by atoms with Crippen LogP contribution in [0, 0.1) is 3.57 Å². The molecule has 2 aromatic carbocycles. The molecule has 30 heavy (non-hydrogen) atoms. The summed E-state index contributed by atoms with van der Waals surface area (Å²) in [7, 11) is 0. The lowest BCUT2D eigenvalue weighted by atomic mass is 10.1. The first-order valence-electron chi connectivity index (χ1n) is 9.51. The Morgan fingerprint density at radius 1 is 1.13 bits per heavy atom. The molecule has 158 valence electrons. The SMILES string of the molecule is CCCN1C(=O)S/C(=C/c2cc(I)c(OCc3ccc(Br)cc3)c(OCC)c2)C1=O. The summed E-state index contributed by atoms with van der Waals surface area (Å²) in [6.45, 7) is 5.19. The van der Waals surface area contributed by atoms with E-state index in [-0.39, 0.29) is 11.1 Å². The van der Waals surface area contributed by atoms with E-state index in [2.05, 4.69) is 38.5 Å². The van der Waals surface area contributed by atoms with Gasteiger partial charge in [0.25, 0.3) is 11.1 Å². The summed E-state index contributed by atoms with van der Waals surface area (Å²) >= 11 is 6.61. The fourth-order valence-corrected chi connectivity index (χ4v) is 4.79. The first-order valence-corrected chi connectivity index (χ1v) is 12.2. The molecule has 0 aliphatic carbocycles. The monoisotopic (exact) mass is 601 g/mol. The normalized spacial score (nSPS) is 15.2. The Balaban J connectivity index is 1.85. The Bertz CT molecular complexity index is 978. The maximum Gasteiger partial charge on any atom is 0.293 e. The molecular formula is C22H21BrINO4S. The van der Waals surface area contributed by atoms with Crippen LogP contribution in [-0.4, -0.2) is 29.2 Å². The van der Waals surface area contributed by atoms with Crippen LogP contribution in [0.1, 0.15) is 31.4 Å². The lowest BCUT2D eigenvalue weighted by molar-refractivity contribution is -0.122. The Morgan fingerprint density at radius 2 is 1.87 bits per heavy atom. The largest absolute Gasteiger partial charge is 0.490 e. The highest BCUT2D eigenvalue weighted by Crippen LogP contribution is 2.38. The minimum Gasteiger partial charge on any atom is -0.490 e. The molecule has 3 rings (SSSR count). The molecule has 0 aromatic heterocycles. The van der Waals surface area contributed by atoms with Crippen molar-refractivity contribution >= 4 is 67.5 Å². The smallest absolute Gasteiger partial charge is 0.293 e. The van der Waals surface area contributed by atoms with E-state index < -0.39 is 0 Å². The van der Waals surface area contributed by atoms with Crippen LogP contribution in [0.2, 0.25) is 0 Å². The molecule has 1 saturated heterocycles. The number of amides is 2. The minimum absolute atomic E-state index is 0.220. The van der Waals surface area contributed by atoms with Crippen molar-refractivity contribution in [1.82, 2.24) is 4.90 Å². The quantitative estimate of drug-likeness (QED) is 0.256. The Hall–Kier alpha value is -1.52. The van der Waals surface area contributed by atoms with E-state index in [9.17, 15) is 9.59 Å². The van der Waals surface area contributed by atoms with Gasteiger partial charge >= 0.3 is 0 Å². The molecule has 2 aromatic rings. The average Bonchev–Trinajstić information content (AvgIpc) is 2.97. The lowest BCUT2D eigenvalue weighted by Gasteiger charge is -2.15. The van der Waals surface area contributed by atoms with Crippen molar-refractivity contribution in [1.29, 1.82) is 0 Å². The van der Waals surface area contributed by atoms with Crippen LogP contribution in [0.15, 0.2) is 45.8 Å². The zero-order chi connectivity index (χ0) is 21.7. The molecule has 0 spiro atoms. The third kappa shape index (κ3) is 5.59. The summed E-state index contributed by atoms with van der Waals surface area (Å²) in [6.07, 6.45) is 2.48. The van der Waals surface area contributed by atoms with E-state index in [1.165, 1.54) is 4.90 Å². The number of hydrogen-bond donors (Lipinski definition) is 0. The van der Waals surface area contributed by atoms with Gasteiger partial charge in [-0.15, -0.1) is 0 Å². The number of imide groups is 1. The van der Waals surface area contributed by atoms with Crippen LogP contribution in [0.25, 0.3) is 6.08 Å². The second-order valence-corrected chi connectivity index (χ2v) is 9.58. The molecule has 0 saturated carbocycles. The van der Waals surface area contributed by atoms with E-state index in [4.69, 9.17) is 9.47 Å². The van der Waals surface area contributed by atoms with Crippen LogP contribution in [0.4, 0.5) is 4.79 Å². The number of carbonyl (C=O) groups is 2. The molecule has 5 nitrogen and oxygen atoms in total. The fourth-order valence-electron chi connectivity index (χ4n) is 2.88. The van der Waals surface area contributed by atoms with Crippen molar-refractivity contribution < 1.29 is 19.1 Å². The van der Waals surface area contributed by atoms with E-state index in [1.54, 1.807) is 6.08 Å². The topological polar surface area (TPSA) is 55.8 Å². The van der Waals surface area contributed by atoms with Gasteiger partial charge < -0.3 is 9.47 Å². The van der Waals surface area contributed by atoms with Crippen molar-refractivity contribution in [2.24, 2.45) is 0 Å². The number of ether oxygens (including phenoxy) is 2. The molecule has 1 heterocycles. The zero-order valence-electron chi connectivity index (χ0n) is 16.6. The van der Waals surface area contributed by atoms with Crippen LogP contribution in [0.5, 0.6) is 11.5 Å². The van der Waals surface area contributed by atoms with Crippen LogP contribution >= 0.6 is 50.3 Å². The summed E-state index contributed by atoms with van der Waals surface area (Å²) in [5.74, 6) is 1.03. The Morgan fingerprint density at radius 3 is 2.53 bits per heavy atom. The van der Waals surface area contributed by atoms with Gasteiger partial charge in [-0.3, -0.25) is 14.5 Å². The van der Waals surface area contributed by atoms with Gasteiger partial charge in [0.15, 0.2) is 11.5 Å². The highest BCUT2D eigenvalue weighted by Gasteiger charge is 2.34. The van der Waals surface area contributed by atoms with Gasteiger partial charge in [-0.25, -0.2) is 0 Å². The molecule has 1 aliphatic rings. The minimum atomic E-state index is -0.240. The lowest BCUT2D eigenvalue weighted by Crippen LogP contribution is -2.28. The second-order valence-electron chi connectivity index (χ2n) is 6.51. The number of rotatable bonds is 8. The summed E-state index contributed by atoms with van der Waals surface area (Å²) in [5, 5.41) is -0.220. The van der Waals surface area contributed by atoms with Crippen molar-refractivity contribution in [3.05, 3.63) is 60.5 Å². The van der Waals surface area contributed by atoms with Gasteiger partial charge in [0, 0.05) is 11.0 Å². The third-order valence-electron chi connectivity index (χ3n) is 4.25. The number of benzene rings is 2. The first-order chi connectivity index (χ1) is 14.4. The number of carbonyl (C=O) groups excluding carboxylic acids is 2. The molecular weight excluding hydrogens is 581 g/mol. The molecule has 0 radical (unpaired) electrons. The molecule has 0 atom stereocenters. The van der Waals surface area contributed by atoms with E-state index in [0.717, 1.165) is 37.4 Å². The van der Waals surface area contributed by atoms with Crippen molar-refractivity contribution in [2.75, 3.05) is 13.2 Å². The molecule has 1 fully saturated rings. The van der Waals surface area contributed by atoms with Gasteiger partial charge in [-0.2, -0.15) is 0 Å². The van der Waals surface area contributed by atoms with E-state index in [1.807, 2.05) is 50.2 Å². The summed E-state index contributed by atoms with van der Waals surface area (Å²) in [5.41, 5.74) is 1.84. The number of thioether (sulfide) groups is 1. The van der Waals surface area contributed by atoms with Crippen LogP contribution < -0.4 is 9.47 Å². The Kier molecular flexibility index (Phi) is 8.24. The van der Waals surface area contributed by atoms with Gasteiger partial charge in [-0.05, 0) is 89.2 Å². The second kappa shape index (κ2) is 10.7. The first kappa shape index (κ1) is 23.1. The summed E-state index contributed by atoms with van der Waals surface area (Å²) < 4.78 is 13.7. The molecule has 2 amide bonds. The van der Waals surface area contributed by atoms with Crippen molar-refractivity contribution in [3.63, 3.8) is 0 Å². The van der Waals surface area contributed by atoms with Gasteiger partial charge in [0.1, 0.15) is 6.61 Å². The molecule has 1 aliphatic heterocycles. The maximum absolute atomic E-state index is 12.5. The van der Waals surface area contributed by atoms with Crippen LogP contribution in [-0.2, 0) is 11.4 Å². The maximum atomic E-state index is 12.5. The standard InChI is InChI=1S/C22H21BrINO4S/c1-3-9-25-21(26)19(30-22(25)27)12-15-10-17(24)20(18(11-15)28-4-2)29-13-14-5-7-16(23)8-6-14/h5-8,10-12H,3-4,9,13H2,1-2H3/b19-12+. The molecule has 0 bridgehead atoms. The molecule has 8 heteroatoms. The van der Waals surface area contributed by atoms with Gasteiger partial charge in [0.05, 0.1) is 15.1 Å². The third-order valence-corrected chi connectivity index (χ3v) is 6.48. The summed E-state index contributed by atoms with van der Waals surface area (Å²) in [6, 6.07) is 11.7. The highest BCUT2D eigenvalue weighted by atomic mass is 127. The number of halogens is 2. The van der Waals surface area contributed by atoms with E-state index in [0.29, 0.717) is 36.2 Å². The van der Waals surface area contributed by atoms with Gasteiger partial charge in [0.2, 0.25) is 0 Å². The zero-order valence-corrected chi connectivity index (χ0v) is 21.2. The average molecular weight is 602 g/mol. The van der Waals surface area contributed by atoms with Crippen LogP contribution in [0.3, 0.4) is 0 Å². The number of nitrogens with zero attached hydrogens (tertiary/aromatic N) is 1. The predicted octanol–water partition coefficient (Wildman–Crippen LogP) is 6.48. The van der Waals surface area contributed by atoms with E-state index >= 15 is 0 Å². The van der Waals surface area contributed by atoms with Crippen molar-refractivity contribution in [3.8, 4) is 11.5 Å². The predicted molar refractivity (Wildman–Crippen MR) is 132 cm³/mol. The molecule has 0 N–H and O–H groups in total. The van der Waals surface area contributed by atoms with Crippen molar-refractivity contribution in [2.45, 2.75) is 26.9 Å². The molecule has 0 unspecified atom stereocenters. The Labute approximate surface area is 202 Å². The summed E-state index contributed by atoms with van der Waals surface area (Å²) in [4.78, 5) is 26.3. The van der Waals surface area contributed by atoms with Gasteiger partial charge in [-0.1, -0.05) is 35.0 Å².